The smallest absolute Gasteiger partial charge is 0.226 e. The number of aryl methyl sites for hydroxylation is 1. The lowest BCUT2D eigenvalue weighted by Gasteiger charge is -2.05. The molecule has 22 heavy (non-hydrogen) atoms. The molecule has 1 heterocycles. The van der Waals surface area contributed by atoms with Gasteiger partial charge in [-0.15, -0.1) is 16.8 Å². The Morgan fingerprint density at radius 1 is 1.41 bits per heavy atom. The number of nitrogens with zero attached hydrogens (tertiary/aromatic N) is 2. The summed E-state index contributed by atoms with van der Waals surface area (Å²) in [7, 11) is 0. The first-order valence-electron chi connectivity index (χ1n) is 6.40. The van der Waals surface area contributed by atoms with Gasteiger partial charge in [-0.1, -0.05) is 64.5 Å². The van der Waals surface area contributed by atoms with Crippen LogP contribution < -0.4 is 5.32 Å². The largest absolute Gasteiger partial charge is 0.300 e. The second-order valence-corrected chi connectivity index (χ2v) is 7.26. The summed E-state index contributed by atoms with van der Waals surface area (Å²) in [4.78, 5) is 11.9. The van der Waals surface area contributed by atoms with Crippen LogP contribution in [0.3, 0.4) is 0 Å². The molecule has 0 bridgehead atoms. The lowest BCUT2D eigenvalue weighted by Crippen LogP contribution is -2.12. The molecule has 0 radical (unpaired) electrons. The summed E-state index contributed by atoms with van der Waals surface area (Å²) >= 11 is 14.9. The Labute approximate surface area is 146 Å². The van der Waals surface area contributed by atoms with Gasteiger partial charge in [0.05, 0.1) is 10.0 Å². The Morgan fingerprint density at radius 3 is 3.00 bits per heavy atom. The van der Waals surface area contributed by atoms with Crippen molar-refractivity contribution >= 4 is 57.3 Å². The Hall–Kier alpha value is -1.08. The minimum atomic E-state index is -0.132. The maximum absolute atomic E-state index is 11.9. The summed E-state index contributed by atoms with van der Waals surface area (Å²) < 4.78 is 0.799. The van der Waals surface area contributed by atoms with E-state index in [0.717, 1.165) is 15.7 Å². The fourth-order valence-corrected chi connectivity index (χ4v) is 3.56. The Bertz CT molecular complexity index is 676. The fraction of sp³-hybridized carbons (Fsp3) is 0.214. The molecule has 4 nitrogen and oxygen atoms in total. The number of benzene rings is 1. The number of halogens is 2. The minimum absolute atomic E-state index is 0.132. The van der Waals surface area contributed by atoms with E-state index in [9.17, 15) is 4.79 Å². The van der Waals surface area contributed by atoms with Crippen LogP contribution in [-0.4, -0.2) is 21.9 Å². The van der Waals surface area contributed by atoms with Gasteiger partial charge in [-0.05, 0) is 18.1 Å². The van der Waals surface area contributed by atoms with E-state index >= 15 is 0 Å². The van der Waals surface area contributed by atoms with Crippen LogP contribution in [0.15, 0.2) is 35.2 Å². The quantitative estimate of drug-likeness (QED) is 0.434. The molecule has 0 spiro atoms. The van der Waals surface area contributed by atoms with E-state index < -0.39 is 0 Å². The predicted octanol–water partition coefficient (Wildman–Crippen LogP) is 4.69. The van der Waals surface area contributed by atoms with E-state index in [0.29, 0.717) is 28.0 Å². The molecule has 2 aromatic rings. The molecule has 1 amide bonds. The molecule has 0 atom stereocenters. The molecule has 8 heteroatoms. The van der Waals surface area contributed by atoms with Gasteiger partial charge in [0, 0.05) is 12.2 Å². The minimum Gasteiger partial charge on any atom is -0.300 e. The van der Waals surface area contributed by atoms with Gasteiger partial charge in [0.2, 0.25) is 11.0 Å². The van der Waals surface area contributed by atoms with Crippen LogP contribution in [0.2, 0.25) is 10.0 Å². The number of hydrogen-bond acceptors (Lipinski definition) is 5. The van der Waals surface area contributed by atoms with Gasteiger partial charge < -0.3 is 5.32 Å². The zero-order chi connectivity index (χ0) is 15.9. The highest BCUT2D eigenvalue weighted by Gasteiger charge is 2.10. The van der Waals surface area contributed by atoms with Gasteiger partial charge in [-0.3, -0.25) is 4.79 Å². The Kier molecular flexibility index (Phi) is 6.70. The molecule has 0 aliphatic carbocycles. The first-order chi connectivity index (χ1) is 10.6. The number of rotatable bonds is 7. The Morgan fingerprint density at radius 2 is 2.23 bits per heavy atom. The van der Waals surface area contributed by atoms with Gasteiger partial charge >= 0.3 is 0 Å². The lowest BCUT2D eigenvalue weighted by atomic mass is 10.1. The van der Waals surface area contributed by atoms with Crippen molar-refractivity contribution in [2.75, 3.05) is 11.1 Å². The molecular formula is C14H13Cl2N3OS2. The van der Waals surface area contributed by atoms with E-state index in [4.69, 9.17) is 23.2 Å². The second kappa shape index (κ2) is 8.53. The highest BCUT2D eigenvalue weighted by atomic mass is 35.5. The zero-order valence-corrected chi connectivity index (χ0v) is 14.7. The molecule has 1 N–H and O–H groups in total. The van der Waals surface area contributed by atoms with Crippen LogP contribution >= 0.6 is 46.3 Å². The fourth-order valence-electron chi connectivity index (χ4n) is 1.62. The average molecular weight is 374 g/mol. The van der Waals surface area contributed by atoms with E-state index in [2.05, 4.69) is 22.1 Å². The first kappa shape index (κ1) is 17.3. The third-order valence-corrected chi connectivity index (χ3v) is 5.46. The monoisotopic (exact) mass is 373 g/mol. The van der Waals surface area contributed by atoms with E-state index in [1.165, 1.54) is 23.1 Å². The molecule has 1 aromatic carbocycles. The van der Waals surface area contributed by atoms with Gasteiger partial charge in [-0.25, -0.2) is 0 Å². The summed E-state index contributed by atoms with van der Waals surface area (Å²) in [5, 5.41) is 12.1. The van der Waals surface area contributed by atoms with Crippen LogP contribution in [0.25, 0.3) is 0 Å². The highest BCUT2D eigenvalue weighted by molar-refractivity contribution is 8.01. The molecule has 2 rings (SSSR count). The number of amides is 1. The van der Waals surface area contributed by atoms with Crippen molar-refractivity contribution in [3.8, 4) is 0 Å². The summed E-state index contributed by atoms with van der Waals surface area (Å²) in [6, 6.07) is 5.39. The second-order valence-electron chi connectivity index (χ2n) is 4.23. The number of anilines is 1. The number of thioether (sulfide) groups is 1. The number of hydrogen-bond donors (Lipinski definition) is 1. The van der Waals surface area contributed by atoms with Crippen LogP contribution in [0.4, 0.5) is 5.13 Å². The molecule has 1 aromatic heterocycles. The highest BCUT2D eigenvalue weighted by Crippen LogP contribution is 2.27. The summed E-state index contributed by atoms with van der Waals surface area (Å²) in [6.45, 7) is 3.64. The van der Waals surface area contributed by atoms with E-state index in [-0.39, 0.29) is 5.91 Å². The number of aromatic nitrogens is 2. The topological polar surface area (TPSA) is 54.9 Å². The van der Waals surface area contributed by atoms with Gasteiger partial charge in [0.1, 0.15) is 0 Å². The normalized spacial score (nSPS) is 10.5. The molecular weight excluding hydrogens is 361 g/mol. The number of carbonyl (C=O) groups is 1. The lowest BCUT2D eigenvalue weighted by molar-refractivity contribution is -0.116. The third-order valence-electron chi connectivity index (χ3n) is 2.63. The molecule has 0 saturated carbocycles. The molecule has 0 aliphatic heterocycles. The summed E-state index contributed by atoms with van der Waals surface area (Å²) in [6.07, 6.45) is 2.61. The number of nitrogens with one attached hydrogen (secondary N) is 1. The van der Waals surface area contributed by atoms with Crippen molar-refractivity contribution in [3.63, 3.8) is 0 Å². The van der Waals surface area contributed by atoms with E-state index in [1.807, 2.05) is 12.1 Å². The van der Waals surface area contributed by atoms with Crippen molar-refractivity contribution in [2.45, 2.75) is 17.2 Å². The number of carbonyl (C=O) groups excluding carboxylic acids is 1. The third kappa shape index (κ3) is 4.98. The maximum Gasteiger partial charge on any atom is 0.226 e. The van der Waals surface area contributed by atoms with E-state index in [1.54, 1.807) is 12.1 Å². The molecule has 0 saturated heterocycles. The van der Waals surface area contributed by atoms with Crippen molar-refractivity contribution < 1.29 is 4.79 Å². The molecule has 0 aliphatic rings. The van der Waals surface area contributed by atoms with Crippen LogP contribution in [0, 0.1) is 0 Å². The van der Waals surface area contributed by atoms with Gasteiger partial charge in [0.25, 0.3) is 0 Å². The molecule has 0 unspecified atom stereocenters. The van der Waals surface area contributed by atoms with Crippen molar-refractivity contribution in [1.82, 2.24) is 10.2 Å². The summed E-state index contributed by atoms with van der Waals surface area (Å²) in [5.41, 5.74) is 0.851. The summed E-state index contributed by atoms with van der Waals surface area (Å²) in [5.74, 6) is 0.628. The standard InChI is InChI=1S/C14H13Cl2N3OS2/c1-2-8-21-14-19-18-13(22-14)17-11(20)7-6-9-4-3-5-10(15)12(9)16/h2-5H,1,6-8H2,(H,17,18,20). The van der Waals surface area contributed by atoms with Crippen molar-refractivity contribution in [3.05, 3.63) is 46.5 Å². The Balaban J connectivity index is 1.86. The molecule has 116 valence electrons. The van der Waals surface area contributed by atoms with Crippen LogP contribution in [0.5, 0.6) is 0 Å². The predicted molar refractivity (Wildman–Crippen MR) is 94.2 cm³/mol. The van der Waals surface area contributed by atoms with Crippen molar-refractivity contribution in [1.29, 1.82) is 0 Å². The van der Waals surface area contributed by atoms with Gasteiger partial charge in [0.15, 0.2) is 4.34 Å². The van der Waals surface area contributed by atoms with Crippen LogP contribution in [0.1, 0.15) is 12.0 Å². The SMILES string of the molecule is C=CCSc1nnc(NC(=O)CCc2cccc(Cl)c2Cl)s1. The van der Waals surface area contributed by atoms with Gasteiger partial charge in [-0.2, -0.15) is 0 Å². The zero-order valence-electron chi connectivity index (χ0n) is 11.5. The first-order valence-corrected chi connectivity index (χ1v) is 8.96. The average Bonchev–Trinajstić information content (AvgIpc) is 2.94. The van der Waals surface area contributed by atoms with Crippen LogP contribution in [-0.2, 0) is 11.2 Å². The molecule has 0 fully saturated rings. The van der Waals surface area contributed by atoms with Crippen molar-refractivity contribution in [2.24, 2.45) is 0 Å². The maximum atomic E-state index is 11.9.